The summed E-state index contributed by atoms with van der Waals surface area (Å²) < 4.78 is 0. The summed E-state index contributed by atoms with van der Waals surface area (Å²) >= 11 is 6.26. The van der Waals surface area contributed by atoms with E-state index < -0.39 is 0 Å². The van der Waals surface area contributed by atoms with Crippen LogP contribution >= 0.6 is 11.6 Å². The van der Waals surface area contributed by atoms with Gasteiger partial charge in [-0.05, 0) is 25.3 Å². The third kappa shape index (κ3) is 3.26. The molecule has 18 heavy (non-hydrogen) atoms. The van der Waals surface area contributed by atoms with E-state index in [1.54, 1.807) is 0 Å². The van der Waals surface area contributed by atoms with Crippen LogP contribution in [0.25, 0.3) is 0 Å². The zero-order chi connectivity index (χ0) is 13.0. The molecule has 3 unspecified atom stereocenters. The third-order valence-electron chi connectivity index (χ3n) is 3.70. The van der Waals surface area contributed by atoms with Gasteiger partial charge in [0.1, 0.15) is 0 Å². The standard InChI is InChI=1S/C15H20ClNO/c1-11(12-7-3-2-4-8-12)15(18)17-14-10-6-5-9-13(14)16/h2-4,7-8,11,13-14H,5-6,9-10H2,1H3,(H,17,18). The molecule has 3 atom stereocenters. The Hall–Kier alpha value is -1.02. The van der Waals surface area contributed by atoms with E-state index in [-0.39, 0.29) is 23.2 Å². The number of carbonyl (C=O) groups is 1. The molecule has 1 amide bonds. The molecular formula is C15H20ClNO. The molecule has 1 aromatic rings. The van der Waals surface area contributed by atoms with Gasteiger partial charge in [0, 0.05) is 6.04 Å². The number of benzene rings is 1. The second-order valence-corrected chi connectivity index (χ2v) is 5.61. The molecule has 3 heteroatoms. The Balaban J connectivity index is 1.95. The highest BCUT2D eigenvalue weighted by atomic mass is 35.5. The highest BCUT2D eigenvalue weighted by Gasteiger charge is 2.26. The maximum atomic E-state index is 12.2. The number of rotatable bonds is 3. The minimum Gasteiger partial charge on any atom is -0.351 e. The molecule has 0 radical (unpaired) electrons. The van der Waals surface area contributed by atoms with Gasteiger partial charge < -0.3 is 5.32 Å². The first kappa shape index (κ1) is 13.4. The highest BCUT2D eigenvalue weighted by Crippen LogP contribution is 2.24. The van der Waals surface area contributed by atoms with Crippen molar-refractivity contribution in [2.75, 3.05) is 0 Å². The van der Waals surface area contributed by atoms with Crippen LogP contribution in [0.5, 0.6) is 0 Å². The van der Waals surface area contributed by atoms with Crippen LogP contribution < -0.4 is 5.32 Å². The fourth-order valence-corrected chi connectivity index (χ4v) is 2.79. The van der Waals surface area contributed by atoms with Crippen molar-refractivity contribution in [2.24, 2.45) is 0 Å². The molecule has 0 spiro atoms. The summed E-state index contributed by atoms with van der Waals surface area (Å²) in [6.07, 6.45) is 4.34. The molecule has 0 aromatic heterocycles. The fraction of sp³-hybridized carbons (Fsp3) is 0.533. The van der Waals surface area contributed by atoms with Crippen LogP contribution in [0.1, 0.15) is 44.1 Å². The number of hydrogen-bond acceptors (Lipinski definition) is 1. The Morgan fingerprint density at radius 2 is 1.94 bits per heavy atom. The largest absolute Gasteiger partial charge is 0.351 e. The first-order chi connectivity index (χ1) is 8.68. The summed E-state index contributed by atoms with van der Waals surface area (Å²) in [6, 6.07) is 10.0. The second-order valence-electron chi connectivity index (χ2n) is 5.05. The summed E-state index contributed by atoms with van der Waals surface area (Å²) in [5, 5.41) is 3.18. The first-order valence-corrected chi connectivity index (χ1v) is 7.11. The summed E-state index contributed by atoms with van der Waals surface area (Å²) in [4.78, 5) is 12.2. The molecule has 1 aliphatic carbocycles. The zero-order valence-corrected chi connectivity index (χ0v) is 11.5. The van der Waals surface area contributed by atoms with Crippen LogP contribution in [0, 0.1) is 0 Å². The van der Waals surface area contributed by atoms with Crippen LogP contribution in [-0.4, -0.2) is 17.3 Å². The van der Waals surface area contributed by atoms with Crippen molar-refractivity contribution in [1.82, 2.24) is 5.32 Å². The van der Waals surface area contributed by atoms with Crippen molar-refractivity contribution in [3.05, 3.63) is 35.9 Å². The lowest BCUT2D eigenvalue weighted by Crippen LogP contribution is -2.44. The van der Waals surface area contributed by atoms with E-state index in [1.165, 1.54) is 6.42 Å². The average molecular weight is 266 g/mol. The summed E-state index contributed by atoms with van der Waals surface area (Å²) in [5.74, 6) is -0.0317. The summed E-state index contributed by atoms with van der Waals surface area (Å²) in [7, 11) is 0. The number of amides is 1. The van der Waals surface area contributed by atoms with E-state index in [4.69, 9.17) is 11.6 Å². The minimum atomic E-state index is -0.114. The average Bonchev–Trinajstić information content (AvgIpc) is 2.41. The molecule has 0 heterocycles. The van der Waals surface area contributed by atoms with Gasteiger partial charge >= 0.3 is 0 Å². The maximum Gasteiger partial charge on any atom is 0.227 e. The lowest BCUT2D eigenvalue weighted by Gasteiger charge is -2.29. The van der Waals surface area contributed by atoms with Crippen molar-refractivity contribution < 1.29 is 4.79 Å². The van der Waals surface area contributed by atoms with Crippen molar-refractivity contribution in [3.8, 4) is 0 Å². The van der Waals surface area contributed by atoms with E-state index in [2.05, 4.69) is 5.32 Å². The molecule has 1 N–H and O–H groups in total. The Bertz CT molecular complexity index is 393. The van der Waals surface area contributed by atoms with Crippen molar-refractivity contribution in [2.45, 2.75) is 49.9 Å². The molecule has 2 nitrogen and oxygen atoms in total. The Kier molecular flexibility index (Phi) is 4.65. The van der Waals surface area contributed by atoms with Crippen LogP contribution in [0.2, 0.25) is 0 Å². The van der Waals surface area contributed by atoms with E-state index in [0.717, 1.165) is 24.8 Å². The van der Waals surface area contributed by atoms with Gasteiger partial charge in [-0.1, -0.05) is 43.2 Å². The van der Waals surface area contributed by atoms with E-state index in [1.807, 2.05) is 37.3 Å². The molecular weight excluding hydrogens is 246 g/mol. The van der Waals surface area contributed by atoms with Gasteiger partial charge in [-0.15, -0.1) is 11.6 Å². The van der Waals surface area contributed by atoms with Crippen molar-refractivity contribution in [3.63, 3.8) is 0 Å². The number of nitrogens with one attached hydrogen (secondary N) is 1. The van der Waals surface area contributed by atoms with Crippen LogP contribution in [-0.2, 0) is 4.79 Å². The second kappa shape index (κ2) is 6.24. The lowest BCUT2D eigenvalue weighted by atomic mass is 9.93. The van der Waals surface area contributed by atoms with Crippen molar-refractivity contribution >= 4 is 17.5 Å². The van der Waals surface area contributed by atoms with Crippen LogP contribution in [0.4, 0.5) is 0 Å². The zero-order valence-electron chi connectivity index (χ0n) is 10.7. The predicted molar refractivity (Wildman–Crippen MR) is 74.9 cm³/mol. The number of halogens is 1. The Morgan fingerprint density at radius 3 is 2.61 bits per heavy atom. The van der Waals surface area contributed by atoms with Gasteiger partial charge in [-0.3, -0.25) is 4.79 Å². The molecule has 1 aliphatic rings. The Labute approximate surface area is 114 Å². The van der Waals surface area contributed by atoms with Gasteiger partial charge in [-0.2, -0.15) is 0 Å². The molecule has 98 valence electrons. The Morgan fingerprint density at radius 1 is 1.28 bits per heavy atom. The predicted octanol–water partition coefficient (Wildman–Crippen LogP) is 3.46. The van der Waals surface area contributed by atoms with Crippen LogP contribution in [0.3, 0.4) is 0 Å². The van der Waals surface area contributed by atoms with Crippen molar-refractivity contribution in [1.29, 1.82) is 0 Å². The van der Waals surface area contributed by atoms with E-state index >= 15 is 0 Å². The molecule has 0 aliphatic heterocycles. The summed E-state index contributed by atoms with van der Waals surface area (Å²) in [5.41, 5.74) is 1.05. The molecule has 1 fully saturated rings. The molecule has 0 saturated heterocycles. The first-order valence-electron chi connectivity index (χ1n) is 6.68. The van der Waals surface area contributed by atoms with Gasteiger partial charge in [-0.25, -0.2) is 0 Å². The van der Waals surface area contributed by atoms with E-state index in [0.29, 0.717) is 0 Å². The number of carbonyl (C=O) groups excluding carboxylic acids is 1. The van der Waals surface area contributed by atoms with Gasteiger partial charge in [0.15, 0.2) is 0 Å². The van der Waals surface area contributed by atoms with Gasteiger partial charge in [0.2, 0.25) is 5.91 Å². The van der Waals surface area contributed by atoms with E-state index in [9.17, 15) is 4.79 Å². The molecule has 2 rings (SSSR count). The quantitative estimate of drug-likeness (QED) is 0.834. The van der Waals surface area contributed by atoms with Gasteiger partial charge in [0.25, 0.3) is 0 Å². The smallest absolute Gasteiger partial charge is 0.227 e. The monoisotopic (exact) mass is 265 g/mol. The maximum absolute atomic E-state index is 12.2. The highest BCUT2D eigenvalue weighted by molar-refractivity contribution is 6.21. The normalized spacial score (nSPS) is 25.4. The SMILES string of the molecule is CC(C(=O)NC1CCCCC1Cl)c1ccccc1. The number of alkyl halides is 1. The van der Waals surface area contributed by atoms with Gasteiger partial charge in [0.05, 0.1) is 11.3 Å². The minimum absolute atomic E-state index is 0.0822. The molecule has 0 bridgehead atoms. The van der Waals surface area contributed by atoms with Crippen LogP contribution in [0.15, 0.2) is 30.3 Å². The summed E-state index contributed by atoms with van der Waals surface area (Å²) in [6.45, 7) is 1.94. The lowest BCUT2D eigenvalue weighted by molar-refractivity contribution is -0.123. The fourth-order valence-electron chi connectivity index (χ4n) is 2.45. The number of hydrogen-bond donors (Lipinski definition) is 1. The third-order valence-corrected chi connectivity index (χ3v) is 4.22. The molecule has 1 saturated carbocycles. The molecule has 1 aromatic carbocycles. The topological polar surface area (TPSA) is 29.1 Å².